The fourth-order valence-electron chi connectivity index (χ4n) is 4.33. The monoisotopic (exact) mass is 676 g/mol. The summed E-state index contributed by atoms with van der Waals surface area (Å²) in [5.41, 5.74) is 3.84. The van der Waals surface area contributed by atoms with Crippen LogP contribution in [0, 0.1) is 12.1 Å². The summed E-state index contributed by atoms with van der Waals surface area (Å²) in [5, 5.41) is 8.79. The molecule has 2 aromatic heterocycles. The Kier molecular flexibility index (Phi) is 6.28. The molecule has 38 heavy (non-hydrogen) atoms. The van der Waals surface area contributed by atoms with Crippen molar-refractivity contribution in [2.24, 2.45) is 0 Å². The standard InChI is InChI=1S/C30H19N5O2.Pt/c1-2-11-27-25(10-1)35(24-9-5-8-22(20-24)33-18-6-16-31-33)26-21-23(34-19-7-17-32-34)14-15-28(26)37-30-13-4-3-12-29(30)36-27;/h1-19H;/q-2;+2. The van der Waals surface area contributed by atoms with Crippen molar-refractivity contribution in [1.82, 2.24) is 19.6 Å². The van der Waals surface area contributed by atoms with Crippen LogP contribution in [0.25, 0.3) is 11.4 Å². The fourth-order valence-corrected chi connectivity index (χ4v) is 4.33. The van der Waals surface area contributed by atoms with Crippen LogP contribution >= 0.6 is 0 Å². The van der Waals surface area contributed by atoms with Crippen LogP contribution in [0.1, 0.15) is 0 Å². The van der Waals surface area contributed by atoms with Gasteiger partial charge in [-0.05, 0) is 53.5 Å². The number of benzene rings is 4. The normalized spacial score (nSPS) is 11.8. The first-order valence-electron chi connectivity index (χ1n) is 11.8. The van der Waals surface area contributed by atoms with E-state index in [0.717, 1.165) is 22.7 Å². The van der Waals surface area contributed by atoms with Crippen molar-refractivity contribution >= 4 is 17.1 Å². The van der Waals surface area contributed by atoms with Crippen molar-refractivity contribution in [2.75, 3.05) is 4.90 Å². The molecule has 0 radical (unpaired) electrons. The summed E-state index contributed by atoms with van der Waals surface area (Å²) >= 11 is 0. The molecule has 6 aromatic rings. The molecule has 4 aromatic carbocycles. The number of aromatic nitrogens is 4. The smallest absolute Gasteiger partial charge is 0.511 e. The number of rotatable bonds is 3. The molecule has 1 aliphatic rings. The Bertz CT molecular complexity index is 1700. The number of nitrogens with zero attached hydrogens (tertiary/aromatic N) is 5. The minimum absolute atomic E-state index is 0. The second-order valence-electron chi connectivity index (χ2n) is 8.33. The summed E-state index contributed by atoms with van der Waals surface area (Å²) < 4.78 is 16.4. The van der Waals surface area contributed by atoms with Gasteiger partial charge in [0.25, 0.3) is 0 Å². The van der Waals surface area contributed by atoms with E-state index in [1.165, 1.54) is 0 Å². The number of fused-ring (bicyclic) bond motifs is 3. The van der Waals surface area contributed by atoms with Crippen molar-refractivity contribution in [3.63, 3.8) is 0 Å². The van der Waals surface area contributed by atoms with Crippen LogP contribution in [-0.4, -0.2) is 19.6 Å². The third-order valence-corrected chi connectivity index (χ3v) is 6.00. The predicted molar refractivity (Wildman–Crippen MR) is 140 cm³/mol. The molecular formula is C30H19N5O2Pt. The predicted octanol–water partition coefficient (Wildman–Crippen LogP) is 7.02. The number of para-hydroxylation sites is 4. The molecule has 186 valence electrons. The average molecular weight is 677 g/mol. The zero-order valence-electron chi connectivity index (χ0n) is 19.8. The quantitative estimate of drug-likeness (QED) is 0.188. The summed E-state index contributed by atoms with van der Waals surface area (Å²) in [6.45, 7) is 0. The maximum Gasteiger partial charge on any atom is 2.00 e. The minimum Gasteiger partial charge on any atom is -0.511 e. The Morgan fingerprint density at radius 1 is 0.526 bits per heavy atom. The number of anilines is 3. The maximum absolute atomic E-state index is 6.46. The molecule has 0 N–H and O–H groups in total. The van der Waals surface area contributed by atoms with Gasteiger partial charge >= 0.3 is 21.1 Å². The Balaban J connectivity index is 0.00000264. The summed E-state index contributed by atoms with van der Waals surface area (Å²) in [6, 6.07) is 36.1. The molecule has 7 rings (SSSR count). The van der Waals surface area contributed by atoms with Crippen LogP contribution < -0.4 is 14.4 Å². The van der Waals surface area contributed by atoms with E-state index in [4.69, 9.17) is 9.47 Å². The third kappa shape index (κ3) is 4.27. The molecule has 0 aliphatic carbocycles. The summed E-state index contributed by atoms with van der Waals surface area (Å²) in [4.78, 5) is 2.04. The van der Waals surface area contributed by atoms with Gasteiger partial charge in [-0.3, -0.25) is 9.36 Å². The topological polar surface area (TPSA) is 57.3 Å². The van der Waals surface area contributed by atoms with Crippen LogP contribution in [0.15, 0.2) is 116 Å². The van der Waals surface area contributed by atoms with Gasteiger partial charge in [0.05, 0.1) is 5.69 Å². The zero-order chi connectivity index (χ0) is 24.6. The molecule has 8 heteroatoms. The molecule has 0 saturated heterocycles. The van der Waals surface area contributed by atoms with Gasteiger partial charge in [-0.1, -0.05) is 30.0 Å². The van der Waals surface area contributed by atoms with Crippen molar-refractivity contribution in [1.29, 1.82) is 0 Å². The second-order valence-corrected chi connectivity index (χ2v) is 8.33. The Labute approximate surface area is 233 Å². The Morgan fingerprint density at radius 3 is 1.82 bits per heavy atom. The molecule has 7 nitrogen and oxygen atoms in total. The average Bonchev–Trinajstić information content (AvgIpc) is 3.67. The zero-order valence-corrected chi connectivity index (χ0v) is 22.1. The Morgan fingerprint density at radius 2 is 1.13 bits per heavy atom. The van der Waals surface area contributed by atoms with Crippen molar-refractivity contribution in [3.8, 4) is 34.4 Å². The van der Waals surface area contributed by atoms with Crippen LogP contribution in [0.3, 0.4) is 0 Å². The minimum atomic E-state index is 0. The van der Waals surface area contributed by atoms with E-state index in [2.05, 4.69) is 22.3 Å². The number of hydrogen-bond donors (Lipinski definition) is 0. The first-order valence-corrected chi connectivity index (χ1v) is 11.8. The van der Waals surface area contributed by atoms with Crippen LogP contribution in [0.4, 0.5) is 17.1 Å². The van der Waals surface area contributed by atoms with Crippen LogP contribution in [-0.2, 0) is 21.1 Å². The van der Waals surface area contributed by atoms with Gasteiger partial charge < -0.3 is 14.4 Å². The van der Waals surface area contributed by atoms with Crippen LogP contribution in [0.2, 0.25) is 0 Å². The van der Waals surface area contributed by atoms with E-state index in [-0.39, 0.29) is 21.1 Å². The molecule has 0 saturated carbocycles. The first-order chi connectivity index (χ1) is 18.3. The molecule has 0 unspecified atom stereocenters. The SMILES string of the molecule is [Pt+2].[c-]1c(N2c3[c-]c(-n4cccn4)ccc3Oc3ccccc3Oc3ccccc32)cccc1-n1cccn1. The van der Waals surface area contributed by atoms with Crippen molar-refractivity contribution in [3.05, 3.63) is 128 Å². The molecule has 0 bridgehead atoms. The molecule has 0 fully saturated rings. The first kappa shape index (κ1) is 23.8. The Hall–Kier alpha value is -4.61. The third-order valence-electron chi connectivity index (χ3n) is 6.00. The van der Waals surface area contributed by atoms with Gasteiger partial charge in [0.15, 0.2) is 17.2 Å². The van der Waals surface area contributed by atoms with Gasteiger partial charge in [0.1, 0.15) is 0 Å². The van der Waals surface area contributed by atoms with Crippen LogP contribution in [0.5, 0.6) is 23.0 Å². The van der Waals surface area contributed by atoms with Gasteiger partial charge in [0.2, 0.25) is 0 Å². The molecule has 3 heterocycles. The molecule has 0 amide bonds. The fraction of sp³-hybridized carbons (Fsp3) is 0. The largest absolute Gasteiger partial charge is 2.00 e. The van der Waals surface area contributed by atoms with E-state index in [0.29, 0.717) is 28.7 Å². The van der Waals surface area contributed by atoms with Crippen molar-refractivity contribution in [2.45, 2.75) is 0 Å². The summed E-state index contributed by atoms with van der Waals surface area (Å²) in [7, 11) is 0. The van der Waals surface area contributed by atoms with E-state index in [1.807, 2.05) is 108 Å². The molecular weight excluding hydrogens is 657 g/mol. The van der Waals surface area contributed by atoms with E-state index in [1.54, 1.807) is 21.8 Å². The van der Waals surface area contributed by atoms with E-state index >= 15 is 0 Å². The van der Waals surface area contributed by atoms with Gasteiger partial charge in [-0.25, -0.2) is 0 Å². The molecule has 1 aliphatic heterocycles. The number of ether oxygens (including phenoxy) is 2. The molecule has 0 atom stereocenters. The maximum atomic E-state index is 6.46. The van der Waals surface area contributed by atoms with Gasteiger partial charge in [-0.2, -0.15) is 16.3 Å². The van der Waals surface area contributed by atoms with E-state index < -0.39 is 0 Å². The van der Waals surface area contributed by atoms with E-state index in [9.17, 15) is 0 Å². The summed E-state index contributed by atoms with van der Waals surface area (Å²) in [5.74, 6) is 2.51. The molecule has 0 spiro atoms. The van der Waals surface area contributed by atoms with Crippen molar-refractivity contribution < 1.29 is 30.5 Å². The second kappa shape index (κ2) is 10.0. The number of hydrogen-bond acceptors (Lipinski definition) is 5. The van der Waals surface area contributed by atoms with Gasteiger partial charge in [-0.15, -0.1) is 36.4 Å². The summed E-state index contributed by atoms with van der Waals surface area (Å²) in [6.07, 6.45) is 7.26. The van der Waals surface area contributed by atoms with Gasteiger partial charge in [0, 0.05) is 30.5 Å².